The molecule has 0 amide bonds. The first-order chi connectivity index (χ1) is 10.5. The summed E-state index contributed by atoms with van der Waals surface area (Å²) in [5.74, 6) is 0.183. The molecule has 7 heteroatoms. The molecule has 0 saturated heterocycles. The van der Waals surface area contributed by atoms with Crippen LogP contribution in [0, 0.1) is 13.8 Å². The normalized spacial score (nSPS) is 16.4. The van der Waals surface area contributed by atoms with Crippen molar-refractivity contribution in [3.8, 4) is 5.88 Å². The van der Waals surface area contributed by atoms with Gasteiger partial charge in [-0.25, -0.2) is 4.98 Å². The average Bonchev–Trinajstić information content (AvgIpc) is 2.77. The van der Waals surface area contributed by atoms with Crippen LogP contribution in [-0.2, 0) is 9.53 Å². The van der Waals surface area contributed by atoms with E-state index < -0.39 is 0 Å². The van der Waals surface area contributed by atoms with Crippen LogP contribution < -0.4 is 0 Å². The third-order valence-electron chi connectivity index (χ3n) is 3.39. The fourth-order valence-corrected chi connectivity index (χ4v) is 2.08. The molecule has 0 aromatic carbocycles. The predicted molar refractivity (Wildman–Crippen MR) is 79.1 cm³/mol. The van der Waals surface area contributed by atoms with Gasteiger partial charge in [0.2, 0.25) is 11.7 Å². The average molecular weight is 298 g/mol. The van der Waals surface area contributed by atoms with Crippen LogP contribution in [0.1, 0.15) is 17.1 Å². The van der Waals surface area contributed by atoms with E-state index in [1.807, 2.05) is 13.8 Å². The number of nitrogens with zero attached hydrogens (tertiary/aromatic N) is 4. The van der Waals surface area contributed by atoms with E-state index in [0.29, 0.717) is 17.0 Å². The highest BCUT2D eigenvalue weighted by atomic mass is 16.5. The molecule has 0 aliphatic heterocycles. The van der Waals surface area contributed by atoms with Crippen molar-refractivity contribution >= 4 is 17.6 Å². The molecule has 0 radical (unpaired) electrons. The van der Waals surface area contributed by atoms with Crippen molar-refractivity contribution in [2.24, 2.45) is 0 Å². The maximum atomic E-state index is 11.5. The van der Waals surface area contributed by atoms with Crippen molar-refractivity contribution in [3.05, 3.63) is 46.6 Å². The molecule has 3 rings (SSSR count). The minimum absolute atomic E-state index is 0.171. The highest BCUT2D eigenvalue weighted by Gasteiger charge is 2.16. The van der Waals surface area contributed by atoms with Gasteiger partial charge in [0.25, 0.3) is 5.78 Å². The standard InChI is InChI=1S/C15H14N4O3/c1-8-9(2)18-19-11(14(21)17-15(19)16-8)6-10-4-5-12(20)13(7-10)22-3/h4-7,21H,1-3H3. The monoisotopic (exact) mass is 298 g/mol. The fraction of sp³-hybridized carbons (Fsp3) is 0.200. The smallest absolute Gasteiger partial charge is 0.254 e. The molecule has 0 bridgehead atoms. The van der Waals surface area contributed by atoms with Crippen LogP contribution in [0.15, 0.2) is 29.6 Å². The zero-order valence-electron chi connectivity index (χ0n) is 12.4. The van der Waals surface area contributed by atoms with Crippen molar-refractivity contribution in [2.75, 3.05) is 7.11 Å². The second kappa shape index (κ2) is 5.10. The largest absolute Gasteiger partial charge is 0.493 e. The number of ether oxygens (including phenoxy) is 1. The van der Waals surface area contributed by atoms with Crippen LogP contribution in [0.5, 0.6) is 5.88 Å². The van der Waals surface area contributed by atoms with Crippen molar-refractivity contribution in [1.29, 1.82) is 0 Å². The molecule has 22 heavy (non-hydrogen) atoms. The minimum Gasteiger partial charge on any atom is -0.493 e. The maximum absolute atomic E-state index is 11.5. The van der Waals surface area contributed by atoms with E-state index in [4.69, 9.17) is 4.74 Å². The first-order valence-electron chi connectivity index (χ1n) is 6.62. The first kappa shape index (κ1) is 14.0. The third-order valence-corrected chi connectivity index (χ3v) is 3.39. The summed E-state index contributed by atoms with van der Waals surface area (Å²) >= 11 is 0. The van der Waals surface area contributed by atoms with Gasteiger partial charge in [-0.1, -0.05) is 6.08 Å². The summed E-state index contributed by atoms with van der Waals surface area (Å²) in [6, 6.07) is 0. The SMILES string of the molecule is COC1=CC(=Cc2c(O)nc3nc(C)c(C)nn23)C=CC1=O. The Hall–Kier alpha value is -2.96. The Balaban J connectivity index is 2.15. The molecule has 1 N–H and O–H groups in total. The van der Waals surface area contributed by atoms with Gasteiger partial charge in [0.05, 0.1) is 18.5 Å². The van der Waals surface area contributed by atoms with E-state index in [1.165, 1.54) is 17.7 Å². The van der Waals surface area contributed by atoms with Crippen LogP contribution in [0.2, 0.25) is 0 Å². The lowest BCUT2D eigenvalue weighted by Gasteiger charge is -2.07. The van der Waals surface area contributed by atoms with Crippen LogP contribution in [0.25, 0.3) is 11.9 Å². The molecular weight excluding hydrogens is 284 g/mol. The summed E-state index contributed by atoms with van der Waals surface area (Å²) in [6.45, 7) is 3.66. The second-order valence-corrected chi connectivity index (χ2v) is 4.87. The summed E-state index contributed by atoms with van der Waals surface area (Å²) in [5.41, 5.74) is 2.58. The molecule has 1 aliphatic rings. The van der Waals surface area contributed by atoms with E-state index in [0.717, 1.165) is 11.4 Å². The van der Waals surface area contributed by atoms with Gasteiger partial charge in [0.1, 0.15) is 5.69 Å². The van der Waals surface area contributed by atoms with E-state index in [-0.39, 0.29) is 17.4 Å². The van der Waals surface area contributed by atoms with Gasteiger partial charge in [0, 0.05) is 0 Å². The van der Waals surface area contributed by atoms with Crippen molar-refractivity contribution in [2.45, 2.75) is 13.8 Å². The predicted octanol–water partition coefficient (Wildman–Crippen LogP) is 1.50. The van der Waals surface area contributed by atoms with Crippen LogP contribution in [-0.4, -0.2) is 37.6 Å². The number of ketones is 1. The summed E-state index contributed by atoms with van der Waals surface area (Å²) < 4.78 is 6.48. The molecule has 2 aromatic heterocycles. The van der Waals surface area contributed by atoms with Gasteiger partial charge < -0.3 is 9.84 Å². The topological polar surface area (TPSA) is 89.6 Å². The molecular formula is C15H14N4O3. The molecule has 0 atom stereocenters. The number of carbonyl (C=O) groups is 1. The number of allylic oxidation sites excluding steroid dienone is 4. The molecule has 112 valence electrons. The quantitative estimate of drug-likeness (QED) is 0.903. The van der Waals surface area contributed by atoms with Crippen molar-refractivity contribution < 1.29 is 14.6 Å². The second-order valence-electron chi connectivity index (χ2n) is 4.87. The summed E-state index contributed by atoms with van der Waals surface area (Å²) in [5, 5.41) is 14.4. The van der Waals surface area contributed by atoms with Gasteiger partial charge >= 0.3 is 0 Å². The molecule has 2 aromatic rings. The third kappa shape index (κ3) is 2.26. The Morgan fingerprint density at radius 3 is 2.73 bits per heavy atom. The lowest BCUT2D eigenvalue weighted by Crippen LogP contribution is -2.05. The minimum atomic E-state index is -0.201. The molecule has 2 heterocycles. The van der Waals surface area contributed by atoms with Gasteiger partial charge in [-0.15, -0.1) is 0 Å². The molecule has 0 unspecified atom stereocenters. The van der Waals surface area contributed by atoms with Crippen molar-refractivity contribution in [1.82, 2.24) is 19.6 Å². The Morgan fingerprint density at radius 2 is 2.00 bits per heavy atom. The summed E-state index contributed by atoms with van der Waals surface area (Å²) in [4.78, 5) is 19.8. The van der Waals surface area contributed by atoms with Crippen molar-refractivity contribution in [3.63, 3.8) is 0 Å². The van der Waals surface area contributed by atoms with E-state index in [2.05, 4.69) is 15.1 Å². The zero-order valence-corrected chi connectivity index (χ0v) is 12.4. The highest BCUT2D eigenvalue weighted by Crippen LogP contribution is 2.23. The number of carbonyl (C=O) groups excluding carboxylic acids is 1. The van der Waals surface area contributed by atoms with Gasteiger partial charge in [0.15, 0.2) is 5.76 Å². The van der Waals surface area contributed by atoms with Crippen LogP contribution in [0.3, 0.4) is 0 Å². The number of rotatable bonds is 2. The van der Waals surface area contributed by atoms with Crippen LogP contribution >= 0.6 is 0 Å². The number of fused-ring (bicyclic) bond motifs is 1. The maximum Gasteiger partial charge on any atom is 0.254 e. The first-order valence-corrected chi connectivity index (χ1v) is 6.62. The van der Waals surface area contributed by atoms with E-state index >= 15 is 0 Å². The molecule has 1 aliphatic carbocycles. The van der Waals surface area contributed by atoms with Crippen LogP contribution in [0.4, 0.5) is 0 Å². The molecule has 0 saturated carbocycles. The Labute approximate surface area is 126 Å². The number of hydrogen-bond acceptors (Lipinski definition) is 6. The lowest BCUT2D eigenvalue weighted by atomic mass is 10.1. The summed E-state index contributed by atoms with van der Waals surface area (Å²) in [7, 11) is 1.43. The molecule has 0 spiro atoms. The van der Waals surface area contributed by atoms with Gasteiger partial charge in [-0.2, -0.15) is 14.6 Å². The lowest BCUT2D eigenvalue weighted by molar-refractivity contribution is -0.114. The molecule has 0 fully saturated rings. The number of aryl methyl sites for hydroxylation is 2. The number of aromatic nitrogens is 4. The Bertz CT molecular complexity index is 875. The van der Waals surface area contributed by atoms with E-state index in [9.17, 15) is 9.90 Å². The number of methoxy groups -OCH3 is 1. The number of hydrogen-bond donors (Lipinski definition) is 1. The number of aromatic hydroxyl groups is 1. The van der Waals surface area contributed by atoms with Gasteiger partial charge in [-0.3, -0.25) is 4.79 Å². The van der Waals surface area contributed by atoms with Gasteiger partial charge in [-0.05, 0) is 37.6 Å². The Kier molecular flexibility index (Phi) is 3.25. The fourth-order valence-electron chi connectivity index (χ4n) is 2.08. The summed E-state index contributed by atoms with van der Waals surface area (Å²) in [6.07, 6.45) is 6.31. The Morgan fingerprint density at radius 1 is 1.23 bits per heavy atom. The van der Waals surface area contributed by atoms with E-state index in [1.54, 1.807) is 18.2 Å². The number of imidazole rings is 1. The molecule has 7 nitrogen and oxygen atoms in total. The highest BCUT2D eigenvalue weighted by molar-refractivity contribution is 6.05. The zero-order chi connectivity index (χ0) is 15.9.